The second-order valence-corrected chi connectivity index (χ2v) is 7.02. The van der Waals surface area contributed by atoms with Crippen LogP contribution in [0.1, 0.15) is 11.1 Å². The van der Waals surface area contributed by atoms with Crippen molar-refractivity contribution in [1.82, 2.24) is 5.32 Å². The summed E-state index contributed by atoms with van der Waals surface area (Å²) in [6, 6.07) is 22.1. The fourth-order valence-electron chi connectivity index (χ4n) is 3.32. The zero-order valence-corrected chi connectivity index (χ0v) is 14.4. The number of hydrogen-bond donors (Lipinski definition) is 2. The monoisotopic (exact) mass is 366 g/mol. The Labute approximate surface area is 145 Å². The quantitative estimate of drug-likeness (QED) is 0.684. The van der Waals surface area contributed by atoms with Gasteiger partial charge in [-0.2, -0.15) is 0 Å². The van der Waals surface area contributed by atoms with Crippen molar-refractivity contribution in [2.75, 3.05) is 11.9 Å². The molecule has 0 bridgehead atoms. The van der Waals surface area contributed by atoms with Gasteiger partial charge >= 0.3 is 0 Å². The van der Waals surface area contributed by atoms with Crippen LogP contribution in [-0.2, 0) is 13.0 Å². The summed E-state index contributed by atoms with van der Waals surface area (Å²) in [7, 11) is 0. The van der Waals surface area contributed by atoms with Crippen molar-refractivity contribution in [3.63, 3.8) is 0 Å². The molecule has 0 fully saturated rings. The third kappa shape index (κ3) is 3.12. The Hall–Kier alpha value is -1.84. The van der Waals surface area contributed by atoms with Crippen molar-refractivity contribution >= 4 is 32.4 Å². The topological polar surface area (TPSA) is 24.1 Å². The molecule has 0 radical (unpaired) electrons. The molecule has 0 saturated carbocycles. The molecule has 3 aromatic carbocycles. The van der Waals surface area contributed by atoms with E-state index >= 15 is 0 Å². The molecule has 116 valence electrons. The van der Waals surface area contributed by atoms with E-state index in [9.17, 15) is 0 Å². The molecular formula is C20H19BrN2. The fraction of sp³-hybridized carbons (Fsp3) is 0.200. The van der Waals surface area contributed by atoms with Gasteiger partial charge < -0.3 is 10.6 Å². The van der Waals surface area contributed by atoms with Crippen LogP contribution in [0.3, 0.4) is 0 Å². The Bertz CT molecular complexity index is 839. The van der Waals surface area contributed by atoms with E-state index in [-0.39, 0.29) is 0 Å². The summed E-state index contributed by atoms with van der Waals surface area (Å²) < 4.78 is 1.13. The van der Waals surface area contributed by atoms with Gasteiger partial charge in [-0.3, -0.25) is 0 Å². The lowest BCUT2D eigenvalue weighted by Crippen LogP contribution is -2.34. The van der Waals surface area contributed by atoms with Gasteiger partial charge in [0, 0.05) is 29.3 Å². The first-order valence-electron chi connectivity index (χ1n) is 8.02. The number of anilines is 1. The van der Waals surface area contributed by atoms with Gasteiger partial charge in [0.05, 0.1) is 0 Å². The van der Waals surface area contributed by atoms with Crippen LogP contribution in [0.15, 0.2) is 65.1 Å². The number of rotatable bonds is 2. The number of benzene rings is 3. The van der Waals surface area contributed by atoms with Gasteiger partial charge in [0.2, 0.25) is 0 Å². The lowest BCUT2D eigenvalue weighted by Gasteiger charge is -2.17. The first-order valence-corrected chi connectivity index (χ1v) is 8.81. The largest absolute Gasteiger partial charge is 0.383 e. The highest BCUT2D eigenvalue weighted by Gasteiger charge is 2.16. The zero-order chi connectivity index (χ0) is 15.6. The summed E-state index contributed by atoms with van der Waals surface area (Å²) in [4.78, 5) is 0. The normalized spacial score (nSPS) is 17.3. The third-order valence-electron chi connectivity index (χ3n) is 4.53. The molecule has 0 aromatic heterocycles. The van der Waals surface area contributed by atoms with E-state index in [0.29, 0.717) is 6.04 Å². The van der Waals surface area contributed by atoms with E-state index in [2.05, 4.69) is 87.2 Å². The molecule has 0 aliphatic carbocycles. The van der Waals surface area contributed by atoms with Crippen LogP contribution in [0.25, 0.3) is 10.8 Å². The standard InChI is InChI=1S/C20H19BrN2/c21-17-8-9-20-16(10-17)12-22-18(13-23-20)11-15-6-3-5-14-4-1-2-7-19(14)15/h1-10,18,22-23H,11-13H2. The Morgan fingerprint density at radius 3 is 2.83 bits per heavy atom. The highest BCUT2D eigenvalue weighted by Crippen LogP contribution is 2.24. The molecule has 1 heterocycles. The zero-order valence-electron chi connectivity index (χ0n) is 12.9. The minimum absolute atomic E-state index is 0.423. The highest BCUT2D eigenvalue weighted by atomic mass is 79.9. The highest BCUT2D eigenvalue weighted by molar-refractivity contribution is 9.10. The van der Waals surface area contributed by atoms with E-state index < -0.39 is 0 Å². The molecule has 1 aliphatic heterocycles. The number of nitrogens with one attached hydrogen (secondary N) is 2. The maximum absolute atomic E-state index is 3.69. The number of fused-ring (bicyclic) bond motifs is 2. The Kier molecular flexibility index (Phi) is 4.06. The molecule has 3 aromatic rings. The Morgan fingerprint density at radius 1 is 1.00 bits per heavy atom. The van der Waals surface area contributed by atoms with Crippen LogP contribution in [-0.4, -0.2) is 12.6 Å². The summed E-state index contributed by atoms with van der Waals surface area (Å²) in [5.41, 5.74) is 3.97. The third-order valence-corrected chi connectivity index (χ3v) is 5.03. The molecule has 3 heteroatoms. The average molecular weight is 367 g/mol. The number of halogens is 1. The van der Waals surface area contributed by atoms with Crippen LogP contribution in [0.4, 0.5) is 5.69 Å². The SMILES string of the molecule is Brc1ccc2c(c1)CNC(Cc1cccc3ccccc13)CN2. The van der Waals surface area contributed by atoms with Crippen LogP contribution in [0, 0.1) is 0 Å². The lowest BCUT2D eigenvalue weighted by molar-refractivity contribution is 0.538. The molecule has 0 spiro atoms. The first-order chi connectivity index (χ1) is 11.3. The molecule has 1 aliphatic rings. The van der Waals surface area contributed by atoms with E-state index in [4.69, 9.17) is 0 Å². The van der Waals surface area contributed by atoms with Crippen molar-refractivity contribution in [3.8, 4) is 0 Å². The molecular weight excluding hydrogens is 348 g/mol. The van der Waals surface area contributed by atoms with Crippen molar-refractivity contribution in [2.24, 2.45) is 0 Å². The fourth-order valence-corrected chi connectivity index (χ4v) is 3.73. The summed E-state index contributed by atoms with van der Waals surface area (Å²) >= 11 is 3.56. The lowest BCUT2D eigenvalue weighted by atomic mass is 9.99. The van der Waals surface area contributed by atoms with Crippen LogP contribution >= 0.6 is 15.9 Å². The first kappa shape index (κ1) is 14.7. The van der Waals surface area contributed by atoms with Gasteiger partial charge in [-0.25, -0.2) is 0 Å². The predicted molar refractivity (Wildman–Crippen MR) is 101 cm³/mol. The minimum atomic E-state index is 0.423. The Morgan fingerprint density at radius 2 is 1.87 bits per heavy atom. The summed E-state index contributed by atoms with van der Waals surface area (Å²) in [6.07, 6.45) is 1.03. The molecule has 0 amide bonds. The predicted octanol–water partition coefficient (Wildman–Crippen LogP) is 4.73. The number of hydrogen-bond acceptors (Lipinski definition) is 2. The Balaban J connectivity index is 1.56. The van der Waals surface area contributed by atoms with Gasteiger partial charge in [0.15, 0.2) is 0 Å². The molecule has 0 saturated heterocycles. The summed E-state index contributed by atoms with van der Waals surface area (Å²) in [6.45, 7) is 1.84. The van der Waals surface area contributed by atoms with E-state index in [1.165, 1.54) is 27.6 Å². The smallest absolute Gasteiger partial charge is 0.0387 e. The van der Waals surface area contributed by atoms with Crippen molar-refractivity contribution in [1.29, 1.82) is 0 Å². The molecule has 4 rings (SSSR count). The minimum Gasteiger partial charge on any atom is -0.383 e. The van der Waals surface area contributed by atoms with Crippen LogP contribution < -0.4 is 10.6 Å². The van der Waals surface area contributed by atoms with Gasteiger partial charge in [0.1, 0.15) is 0 Å². The molecule has 23 heavy (non-hydrogen) atoms. The molecule has 1 atom stereocenters. The van der Waals surface area contributed by atoms with Crippen LogP contribution in [0.5, 0.6) is 0 Å². The summed E-state index contributed by atoms with van der Waals surface area (Å²) in [5.74, 6) is 0. The maximum atomic E-state index is 3.69. The molecule has 2 N–H and O–H groups in total. The maximum Gasteiger partial charge on any atom is 0.0387 e. The van der Waals surface area contributed by atoms with Crippen LogP contribution in [0.2, 0.25) is 0 Å². The summed E-state index contributed by atoms with van der Waals surface area (Å²) in [5, 5.41) is 9.96. The van der Waals surface area contributed by atoms with Gasteiger partial charge in [-0.05, 0) is 46.5 Å². The van der Waals surface area contributed by atoms with Gasteiger partial charge in [0.25, 0.3) is 0 Å². The van der Waals surface area contributed by atoms with Gasteiger partial charge in [-0.1, -0.05) is 58.4 Å². The van der Waals surface area contributed by atoms with Crippen molar-refractivity contribution in [3.05, 3.63) is 76.3 Å². The molecule has 2 nitrogen and oxygen atoms in total. The van der Waals surface area contributed by atoms with Gasteiger partial charge in [-0.15, -0.1) is 0 Å². The average Bonchev–Trinajstić information content (AvgIpc) is 2.77. The second kappa shape index (κ2) is 6.34. The molecule has 1 unspecified atom stereocenters. The van der Waals surface area contributed by atoms with E-state index in [1.807, 2.05) is 0 Å². The van der Waals surface area contributed by atoms with Crippen molar-refractivity contribution in [2.45, 2.75) is 19.0 Å². The second-order valence-electron chi connectivity index (χ2n) is 6.10. The van der Waals surface area contributed by atoms with E-state index in [1.54, 1.807) is 0 Å². The van der Waals surface area contributed by atoms with Crippen molar-refractivity contribution < 1.29 is 0 Å². The van der Waals surface area contributed by atoms with E-state index in [0.717, 1.165) is 24.0 Å².